The Morgan fingerprint density at radius 2 is 1.55 bits per heavy atom. The van der Waals surface area contributed by atoms with Gasteiger partial charge in [-0.25, -0.2) is 8.42 Å². The molecule has 1 aliphatic carbocycles. The lowest BCUT2D eigenvalue weighted by atomic mass is 9.92. The summed E-state index contributed by atoms with van der Waals surface area (Å²) in [5.74, 6) is -1.70. The van der Waals surface area contributed by atoms with Crippen LogP contribution >= 0.6 is 0 Å². The Labute approximate surface area is 211 Å². The minimum atomic E-state index is -6.08. The molecule has 2 aliphatic rings. The third-order valence-electron chi connectivity index (χ3n) is 6.51. The molecule has 3 N–H and O–H groups in total. The number of anilines is 1. The standard InChI is InChI=1S/C23H20F6N2O6S/c1-38(36,37)15-6-7-16-12(10-15)11-31(19(33)20(34)8-9-20)17(16)18(32)30-14-4-2-13(3-5-14)21(35,22(24,25)26)23(27,28)29/h2-7,10,17,34-35H,8-9,11H2,1H3,(H,30,32). The predicted molar refractivity (Wildman–Crippen MR) is 118 cm³/mol. The maximum atomic E-state index is 13.2. The van der Waals surface area contributed by atoms with E-state index in [0.717, 1.165) is 23.3 Å². The molecule has 1 unspecified atom stereocenters. The van der Waals surface area contributed by atoms with Crippen LogP contribution in [0.4, 0.5) is 32.0 Å². The average Bonchev–Trinajstić information content (AvgIpc) is 3.43. The molecule has 4 rings (SSSR count). The van der Waals surface area contributed by atoms with E-state index in [0.29, 0.717) is 17.7 Å². The van der Waals surface area contributed by atoms with E-state index in [1.165, 1.54) is 18.2 Å². The first-order chi connectivity index (χ1) is 17.3. The third-order valence-corrected chi connectivity index (χ3v) is 7.62. The largest absolute Gasteiger partial charge is 0.430 e. The van der Waals surface area contributed by atoms with Gasteiger partial charge in [-0.15, -0.1) is 0 Å². The van der Waals surface area contributed by atoms with Crippen molar-refractivity contribution in [1.29, 1.82) is 0 Å². The highest BCUT2D eigenvalue weighted by Gasteiger charge is 2.71. The Morgan fingerprint density at radius 3 is 2.03 bits per heavy atom. The Morgan fingerprint density at radius 1 is 1.00 bits per heavy atom. The van der Waals surface area contributed by atoms with Gasteiger partial charge in [-0.2, -0.15) is 26.3 Å². The molecule has 1 saturated carbocycles. The maximum Gasteiger partial charge on any atom is 0.430 e. The van der Waals surface area contributed by atoms with Crippen molar-refractivity contribution in [1.82, 2.24) is 4.90 Å². The van der Waals surface area contributed by atoms with Crippen molar-refractivity contribution >= 4 is 27.3 Å². The van der Waals surface area contributed by atoms with Crippen LogP contribution in [0, 0.1) is 0 Å². The molecule has 0 radical (unpaired) electrons. The second-order valence-corrected chi connectivity index (χ2v) is 11.3. The molecule has 8 nitrogen and oxygen atoms in total. The fourth-order valence-electron chi connectivity index (χ4n) is 4.22. The van der Waals surface area contributed by atoms with E-state index >= 15 is 0 Å². The summed E-state index contributed by atoms with van der Waals surface area (Å²) in [5.41, 5.74) is -8.07. The Balaban J connectivity index is 1.65. The fraction of sp³-hybridized carbons (Fsp3) is 0.391. The highest BCUT2D eigenvalue weighted by Crippen LogP contribution is 2.50. The summed E-state index contributed by atoms with van der Waals surface area (Å²) in [4.78, 5) is 27.1. The molecule has 1 aliphatic heterocycles. The fourth-order valence-corrected chi connectivity index (χ4v) is 4.90. The van der Waals surface area contributed by atoms with E-state index < -0.39 is 56.8 Å². The van der Waals surface area contributed by atoms with Gasteiger partial charge in [0.05, 0.1) is 4.90 Å². The summed E-state index contributed by atoms with van der Waals surface area (Å²) in [6.07, 6.45) is -10.9. The quantitative estimate of drug-likeness (QED) is 0.479. The smallest absolute Gasteiger partial charge is 0.380 e. The zero-order chi connectivity index (χ0) is 28.5. The maximum absolute atomic E-state index is 13.2. The van der Waals surface area contributed by atoms with Gasteiger partial charge >= 0.3 is 12.4 Å². The van der Waals surface area contributed by atoms with Crippen molar-refractivity contribution in [2.24, 2.45) is 0 Å². The van der Waals surface area contributed by atoms with Gasteiger partial charge in [-0.3, -0.25) is 9.59 Å². The summed E-state index contributed by atoms with van der Waals surface area (Å²) >= 11 is 0. The second kappa shape index (κ2) is 8.68. The van der Waals surface area contributed by atoms with Gasteiger partial charge in [-0.05, 0) is 48.2 Å². The van der Waals surface area contributed by atoms with Crippen molar-refractivity contribution in [2.75, 3.05) is 11.6 Å². The van der Waals surface area contributed by atoms with Crippen LogP contribution in [0.5, 0.6) is 0 Å². The lowest BCUT2D eigenvalue weighted by molar-refractivity contribution is -0.376. The number of fused-ring (bicyclic) bond motifs is 1. The number of carbonyl (C=O) groups is 2. The number of alkyl halides is 6. The van der Waals surface area contributed by atoms with Crippen molar-refractivity contribution in [3.8, 4) is 0 Å². The number of hydrogen-bond acceptors (Lipinski definition) is 6. The monoisotopic (exact) mass is 566 g/mol. The molecule has 206 valence electrons. The highest BCUT2D eigenvalue weighted by atomic mass is 32.2. The average molecular weight is 566 g/mol. The topological polar surface area (TPSA) is 124 Å². The second-order valence-electron chi connectivity index (χ2n) is 9.27. The molecule has 1 heterocycles. The molecular formula is C23H20F6N2O6S. The molecule has 2 aromatic rings. The molecular weight excluding hydrogens is 546 g/mol. The molecule has 38 heavy (non-hydrogen) atoms. The van der Waals surface area contributed by atoms with E-state index in [1.807, 2.05) is 0 Å². The number of nitrogens with zero attached hydrogens (tertiary/aromatic N) is 1. The molecule has 0 spiro atoms. The number of aliphatic hydroxyl groups is 2. The van der Waals surface area contributed by atoms with Crippen LogP contribution in [0.3, 0.4) is 0 Å². The first-order valence-electron chi connectivity index (χ1n) is 10.9. The van der Waals surface area contributed by atoms with Crippen LogP contribution in [0.15, 0.2) is 47.4 Å². The number of amides is 2. The summed E-state index contributed by atoms with van der Waals surface area (Å²) in [6, 6.07) is 4.59. The van der Waals surface area contributed by atoms with Gasteiger partial charge in [0.25, 0.3) is 17.4 Å². The first-order valence-corrected chi connectivity index (χ1v) is 12.8. The molecule has 15 heteroatoms. The van der Waals surface area contributed by atoms with Crippen molar-refractivity contribution in [3.63, 3.8) is 0 Å². The summed E-state index contributed by atoms with van der Waals surface area (Å²) < 4.78 is 103. The summed E-state index contributed by atoms with van der Waals surface area (Å²) in [5, 5.41) is 22.1. The molecule has 2 amide bonds. The Hall–Kier alpha value is -3.17. The number of hydrogen-bond donors (Lipinski definition) is 3. The summed E-state index contributed by atoms with van der Waals surface area (Å²) in [6.45, 7) is -0.221. The molecule has 2 aromatic carbocycles. The predicted octanol–water partition coefficient (Wildman–Crippen LogP) is 2.95. The van der Waals surface area contributed by atoms with Crippen LogP contribution in [-0.4, -0.2) is 59.6 Å². The van der Waals surface area contributed by atoms with E-state index in [9.17, 15) is 54.6 Å². The van der Waals surface area contributed by atoms with Crippen LogP contribution in [0.1, 0.15) is 35.6 Å². The minimum Gasteiger partial charge on any atom is -0.380 e. The SMILES string of the molecule is CS(=O)(=O)c1ccc2c(c1)CN(C(=O)C1(O)CC1)C2C(=O)Nc1ccc(C(O)(C(F)(F)F)C(F)(F)F)cc1. The van der Waals surface area contributed by atoms with E-state index in [1.54, 1.807) is 0 Å². The number of rotatable bonds is 5. The van der Waals surface area contributed by atoms with Crippen molar-refractivity contribution in [2.45, 2.75) is 53.9 Å². The number of halogens is 6. The molecule has 1 atom stereocenters. The van der Waals surface area contributed by atoms with Crippen molar-refractivity contribution < 1.29 is 54.6 Å². The zero-order valence-corrected chi connectivity index (χ0v) is 20.2. The molecule has 0 saturated heterocycles. The van der Waals surface area contributed by atoms with Crippen LogP contribution < -0.4 is 5.32 Å². The third kappa shape index (κ3) is 4.62. The Kier molecular flexibility index (Phi) is 6.36. The number of nitrogens with one attached hydrogen (secondary N) is 1. The van der Waals surface area contributed by atoms with E-state index in [2.05, 4.69) is 5.32 Å². The van der Waals surface area contributed by atoms with Gasteiger partial charge in [0, 0.05) is 24.1 Å². The van der Waals surface area contributed by atoms with Crippen LogP contribution in [0.25, 0.3) is 0 Å². The van der Waals surface area contributed by atoms with Gasteiger partial charge in [-0.1, -0.05) is 18.2 Å². The van der Waals surface area contributed by atoms with Gasteiger partial charge in [0.2, 0.25) is 0 Å². The van der Waals surface area contributed by atoms with Crippen LogP contribution in [0.2, 0.25) is 0 Å². The zero-order valence-electron chi connectivity index (χ0n) is 19.4. The molecule has 0 bridgehead atoms. The van der Waals surface area contributed by atoms with E-state index in [-0.39, 0.29) is 35.5 Å². The van der Waals surface area contributed by atoms with Gasteiger partial charge in [0.1, 0.15) is 11.6 Å². The Bertz CT molecular complexity index is 1390. The normalized spacial score (nSPS) is 19.2. The lowest BCUT2D eigenvalue weighted by Crippen LogP contribution is -2.53. The minimum absolute atomic E-state index is 0.0766. The molecule has 1 fully saturated rings. The number of benzene rings is 2. The van der Waals surface area contributed by atoms with Crippen LogP contribution in [-0.2, 0) is 31.6 Å². The first kappa shape index (κ1) is 27.9. The molecule has 0 aromatic heterocycles. The number of sulfone groups is 1. The van der Waals surface area contributed by atoms with Crippen molar-refractivity contribution in [3.05, 3.63) is 59.2 Å². The lowest BCUT2D eigenvalue weighted by Gasteiger charge is -2.32. The van der Waals surface area contributed by atoms with Gasteiger partial charge < -0.3 is 20.4 Å². The number of carbonyl (C=O) groups excluding carboxylic acids is 2. The highest BCUT2D eigenvalue weighted by molar-refractivity contribution is 7.90. The van der Waals surface area contributed by atoms with Gasteiger partial charge in [0.15, 0.2) is 9.84 Å². The summed E-state index contributed by atoms with van der Waals surface area (Å²) in [7, 11) is -3.64. The van der Waals surface area contributed by atoms with E-state index in [4.69, 9.17) is 0 Å².